The molecule has 0 unspecified atom stereocenters. The maximum Gasteiger partial charge on any atom is 0.257 e. The van der Waals surface area contributed by atoms with Crippen LogP contribution in [0.3, 0.4) is 0 Å². The topological polar surface area (TPSA) is 55.1 Å². The first-order valence-corrected chi connectivity index (χ1v) is 6.43. The van der Waals surface area contributed by atoms with Crippen molar-refractivity contribution in [2.24, 2.45) is 0 Å². The standard InChI is InChI=1S/C13H9Cl3N2O/c14-8-4-2-6-10(11(8)16)18-13(19)7-3-1-5-9(15)12(7)17/h1-6H,17H2,(H,18,19). The zero-order valence-corrected chi connectivity index (χ0v) is 11.9. The number of nitrogen functional groups attached to an aromatic ring is 1. The fraction of sp³-hybridized carbons (Fsp3) is 0. The Labute approximate surface area is 125 Å². The van der Waals surface area contributed by atoms with Gasteiger partial charge in [0.15, 0.2) is 0 Å². The highest BCUT2D eigenvalue weighted by Gasteiger charge is 2.14. The van der Waals surface area contributed by atoms with E-state index in [1.807, 2.05) is 0 Å². The smallest absolute Gasteiger partial charge is 0.257 e. The normalized spacial score (nSPS) is 10.3. The number of amides is 1. The van der Waals surface area contributed by atoms with Gasteiger partial charge < -0.3 is 11.1 Å². The van der Waals surface area contributed by atoms with Crippen LogP contribution in [0.4, 0.5) is 11.4 Å². The van der Waals surface area contributed by atoms with Crippen LogP contribution in [0.25, 0.3) is 0 Å². The molecule has 3 nitrogen and oxygen atoms in total. The molecule has 98 valence electrons. The Morgan fingerprint density at radius 2 is 1.63 bits per heavy atom. The maximum atomic E-state index is 12.1. The number of para-hydroxylation sites is 1. The molecule has 0 bridgehead atoms. The molecule has 1 amide bonds. The molecular weight excluding hydrogens is 307 g/mol. The van der Waals surface area contributed by atoms with Gasteiger partial charge >= 0.3 is 0 Å². The molecule has 0 atom stereocenters. The molecule has 0 aliphatic carbocycles. The molecule has 0 spiro atoms. The number of hydrogen-bond donors (Lipinski definition) is 2. The number of hydrogen-bond acceptors (Lipinski definition) is 2. The lowest BCUT2D eigenvalue weighted by molar-refractivity contribution is 0.102. The largest absolute Gasteiger partial charge is 0.397 e. The summed E-state index contributed by atoms with van der Waals surface area (Å²) in [5.74, 6) is -0.399. The van der Waals surface area contributed by atoms with Crippen molar-refractivity contribution >= 4 is 52.1 Å². The van der Waals surface area contributed by atoms with Gasteiger partial charge in [-0.05, 0) is 24.3 Å². The summed E-state index contributed by atoms with van der Waals surface area (Å²) in [6.07, 6.45) is 0. The van der Waals surface area contributed by atoms with Crippen molar-refractivity contribution in [2.75, 3.05) is 11.1 Å². The average molecular weight is 316 g/mol. The van der Waals surface area contributed by atoms with Crippen LogP contribution in [0.15, 0.2) is 36.4 Å². The average Bonchev–Trinajstić information content (AvgIpc) is 2.38. The van der Waals surface area contributed by atoms with Crippen LogP contribution in [0, 0.1) is 0 Å². The minimum absolute atomic E-state index is 0.222. The Morgan fingerprint density at radius 3 is 2.37 bits per heavy atom. The first-order valence-electron chi connectivity index (χ1n) is 5.30. The Morgan fingerprint density at radius 1 is 1.00 bits per heavy atom. The van der Waals surface area contributed by atoms with Gasteiger partial charge in [-0.25, -0.2) is 0 Å². The maximum absolute atomic E-state index is 12.1. The van der Waals surface area contributed by atoms with Gasteiger partial charge in [-0.3, -0.25) is 4.79 Å². The van der Waals surface area contributed by atoms with Gasteiger partial charge in [0.25, 0.3) is 5.91 Å². The highest BCUT2D eigenvalue weighted by Crippen LogP contribution is 2.30. The van der Waals surface area contributed by atoms with Crippen molar-refractivity contribution < 1.29 is 4.79 Å². The minimum atomic E-state index is -0.399. The molecule has 19 heavy (non-hydrogen) atoms. The van der Waals surface area contributed by atoms with E-state index in [0.717, 1.165) is 0 Å². The van der Waals surface area contributed by atoms with E-state index >= 15 is 0 Å². The zero-order chi connectivity index (χ0) is 14.0. The molecule has 2 aromatic rings. The van der Waals surface area contributed by atoms with Crippen molar-refractivity contribution in [3.8, 4) is 0 Å². The molecule has 0 aliphatic heterocycles. The van der Waals surface area contributed by atoms with Crippen LogP contribution < -0.4 is 11.1 Å². The zero-order valence-electron chi connectivity index (χ0n) is 9.58. The highest BCUT2D eigenvalue weighted by atomic mass is 35.5. The Hall–Kier alpha value is -1.42. The summed E-state index contributed by atoms with van der Waals surface area (Å²) in [5, 5.41) is 3.60. The summed E-state index contributed by atoms with van der Waals surface area (Å²) in [4.78, 5) is 12.1. The SMILES string of the molecule is Nc1c(Cl)cccc1C(=O)Nc1cccc(Cl)c1Cl. The molecule has 2 aromatic carbocycles. The summed E-state index contributed by atoms with van der Waals surface area (Å²) in [6.45, 7) is 0. The fourth-order valence-electron chi connectivity index (χ4n) is 1.53. The lowest BCUT2D eigenvalue weighted by atomic mass is 10.1. The van der Waals surface area contributed by atoms with Gasteiger partial charge in [0.1, 0.15) is 0 Å². The Balaban J connectivity index is 2.31. The number of benzene rings is 2. The molecule has 3 N–H and O–H groups in total. The van der Waals surface area contributed by atoms with Gasteiger partial charge in [0, 0.05) is 0 Å². The van der Waals surface area contributed by atoms with Gasteiger partial charge in [-0.1, -0.05) is 46.9 Å². The molecule has 6 heteroatoms. The van der Waals surface area contributed by atoms with E-state index < -0.39 is 5.91 Å². The summed E-state index contributed by atoms with van der Waals surface area (Å²) in [5.41, 5.74) is 6.67. The molecule has 0 saturated heterocycles. The molecule has 0 heterocycles. The van der Waals surface area contributed by atoms with E-state index in [0.29, 0.717) is 15.7 Å². The number of carbonyl (C=O) groups excluding carboxylic acids is 1. The molecule has 0 saturated carbocycles. The van der Waals surface area contributed by atoms with Crippen LogP contribution in [-0.4, -0.2) is 5.91 Å². The van der Waals surface area contributed by atoms with Gasteiger partial charge in [0.05, 0.1) is 32.0 Å². The number of carbonyl (C=O) groups is 1. The van der Waals surface area contributed by atoms with Crippen LogP contribution in [0.1, 0.15) is 10.4 Å². The van der Waals surface area contributed by atoms with Gasteiger partial charge in [0.2, 0.25) is 0 Å². The van der Waals surface area contributed by atoms with Crippen LogP contribution in [0.2, 0.25) is 15.1 Å². The molecule has 2 rings (SSSR count). The molecule has 0 fully saturated rings. The predicted octanol–water partition coefficient (Wildman–Crippen LogP) is 4.48. The lowest BCUT2D eigenvalue weighted by Gasteiger charge is -2.10. The van der Waals surface area contributed by atoms with E-state index in [-0.39, 0.29) is 16.3 Å². The van der Waals surface area contributed by atoms with Crippen LogP contribution in [-0.2, 0) is 0 Å². The Kier molecular flexibility index (Phi) is 4.20. The highest BCUT2D eigenvalue weighted by molar-refractivity contribution is 6.44. The van der Waals surface area contributed by atoms with Gasteiger partial charge in [-0.15, -0.1) is 0 Å². The van der Waals surface area contributed by atoms with Crippen molar-refractivity contribution in [1.82, 2.24) is 0 Å². The molecule has 0 radical (unpaired) electrons. The third-order valence-corrected chi connectivity index (χ3v) is 3.65. The van der Waals surface area contributed by atoms with Crippen LogP contribution >= 0.6 is 34.8 Å². The number of nitrogens with one attached hydrogen (secondary N) is 1. The molecule has 0 aromatic heterocycles. The first kappa shape index (κ1) is 14.0. The minimum Gasteiger partial charge on any atom is -0.397 e. The monoisotopic (exact) mass is 314 g/mol. The third kappa shape index (κ3) is 2.95. The number of anilines is 2. The lowest BCUT2D eigenvalue weighted by Crippen LogP contribution is -2.14. The van der Waals surface area contributed by atoms with Crippen molar-refractivity contribution in [3.05, 3.63) is 57.0 Å². The second-order valence-corrected chi connectivity index (χ2v) is 4.95. The van der Waals surface area contributed by atoms with Crippen molar-refractivity contribution in [2.45, 2.75) is 0 Å². The first-order chi connectivity index (χ1) is 9.00. The van der Waals surface area contributed by atoms with Gasteiger partial charge in [-0.2, -0.15) is 0 Å². The van der Waals surface area contributed by atoms with E-state index in [9.17, 15) is 4.79 Å². The van der Waals surface area contributed by atoms with Crippen molar-refractivity contribution in [3.63, 3.8) is 0 Å². The summed E-state index contributed by atoms with van der Waals surface area (Å²) in [6, 6.07) is 9.80. The van der Waals surface area contributed by atoms with E-state index in [1.165, 1.54) is 0 Å². The number of halogens is 3. The second kappa shape index (κ2) is 5.70. The Bertz CT molecular complexity index is 644. The number of rotatable bonds is 2. The van der Waals surface area contributed by atoms with E-state index in [4.69, 9.17) is 40.5 Å². The summed E-state index contributed by atoms with van der Waals surface area (Å²) in [7, 11) is 0. The number of nitrogens with two attached hydrogens (primary N) is 1. The van der Waals surface area contributed by atoms with E-state index in [1.54, 1.807) is 36.4 Å². The third-order valence-electron chi connectivity index (χ3n) is 2.50. The molecular formula is C13H9Cl3N2O. The molecule has 0 aliphatic rings. The van der Waals surface area contributed by atoms with E-state index in [2.05, 4.69) is 5.32 Å². The predicted molar refractivity (Wildman–Crippen MR) is 80.3 cm³/mol. The van der Waals surface area contributed by atoms with Crippen molar-refractivity contribution in [1.29, 1.82) is 0 Å². The van der Waals surface area contributed by atoms with Crippen LogP contribution in [0.5, 0.6) is 0 Å². The quantitative estimate of drug-likeness (QED) is 0.803. The summed E-state index contributed by atoms with van der Waals surface area (Å²) >= 11 is 17.7. The second-order valence-electron chi connectivity index (χ2n) is 3.76. The fourth-order valence-corrected chi connectivity index (χ4v) is 2.05. The summed E-state index contributed by atoms with van der Waals surface area (Å²) < 4.78 is 0.